The molecule has 1 aliphatic heterocycles. The van der Waals surface area contributed by atoms with Crippen LogP contribution in [0.5, 0.6) is 5.88 Å². The fraction of sp³-hybridized carbons (Fsp3) is 0.500. The topological polar surface area (TPSA) is 55.3 Å². The molecule has 0 unspecified atom stereocenters. The monoisotopic (exact) mass is 207 g/mol. The summed E-state index contributed by atoms with van der Waals surface area (Å²) in [4.78, 5) is 20.6. The summed E-state index contributed by atoms with van der Waals surface area (Å²) in [5.74, 6) is 0.671. The highest BCUT2D eigenvalue weighted by Gasteiger charge is 2.30. The molecule has 1 aromatic rings. The summed E-state index contributed by atoms with van der Waals surface area (Å²) in [6.45, 7) is 4.75. The van der Waals surface area contributed by atoms with Crippen LogP contribution < -0.4 is 4.74 Å². The number of carbonyl (C=O) groups excluding carboxylic acids is 1. The lowest BCUT2D eigenvalue weighted by Gasteiger charge is -2.37. The summed E-state index contributed by atoms with van der Waals surface area (Å²) in [5.41, 5.74) is 0.878. The van der Waals surface area contributed by atoms with Crippen molar-refractivity contribution in [3.05, 3.63) is 18.1 Å². The van der Waals surface area contributed by atoms with Gasteiger partial charge in [-0.3, -0.25) is 4.79 Å². The van der Waals surface area contributed by atoms with Crippen molar-refractivity contribution in [3.63, 3.8) is 0 Å². The molecule has 2 heterocycles. The Balaban J connectivity index is 1.87. The first-order valence-corrected chi connectivity index (χ1v) is 4.86. The molecule has 0 spiro atoms. The van der Waals surface area contributed by atoms with E-state index in [1.807, 2.05) is 6.92 Å². The maximum absolute atomic E-state index is 10.9. The summed E-state index contributed by atoms with van der Waals surface area (Å²) in [7, 11) is 0. The summed E-state index contributed by atoms with van der Waals surface area (Å²) >= 11 is 0. The minimum atomic E-state index is 0.0724. The standard InChI is InChI=1S/C10H13N3O2/c1-7-3-10(12-6-11-7)15-9-4-13(5-9)8(2)14/h3,6,9H,4-5H2,1-2H3. The van der Waals surface area contributed by atoms with Crippen LogP contribution in [0, 0.1) is 6.92 Å². The van der Waals surface area contributed by atoms with E-state index in [0.29, 0.717) is 19.0 Å². The molecule has 0 N–H and O–H groups in total. The number of amides is 1. The molecule has 0 atom stereocenters. The summed E-state index contributed by atoms with van der Waals surface area (Å²) in [6.07, 6.45) is 1.55. The molecule has 1 amide bonds. The highest BCUT2D eigenvalue weighted by molar-refractivity contribution is 5.74. The smallest absolute Gasteiger partial charge is 0.219 e. The summed E-state index contributed by atoms with van der Waals surface area (Å²) in [5, 5.41) is 0. The molecule has 1 fully saturated rings. The summed E-state index contributed by atoms with van der Waals surface area (Å²) in [6, 6.07) is 1.79. The van der Waals surface area contributed by atoms with Crippen LogP contribution in [0.3, 0.4) is 0 Å². The van der Waals surface area contributed by atoms with E-state index in [4.69, 9.17) is 4.74 Å². The first kappa shape index (κ1) is 9.89. The molecule has 0 bridgehead atoms. The van der Waals surface area contributed by atoms with Crippen LogP contribution in [0.4, 0.5) is 0 Å². The normalized spacial score (nSPS) is 16.0. The van der Waals surface area contributed by atoms with Crippen molar-refractivity contribution in [3.8, 4) is 5.88 Å². The highest BCUT2D eigenvalue weighted by atomic mass is 16.5. The van der Waals surface area contributed by atoms with Crippen LogP contribution in [-0.2, 0) is 4.79 Å². The molecule has 0 saturated carbocycles. The number of aromatic nitrogens is 2. The SMILES string of the molecule is CC(=O)N1CC(Oc2cc(C)ncn2)C1. The van der Waals surface area contributed by atoms with Gasteiger partial charge in [-0.1, -0.05) is 0 Å². The number of ether oxygens (including phenoxy) is 1. The van der Waals surface area contributed by atoms with Crippen molar-refractivity contribution < 1.29 is 9.53 Å². The van der Waals surface area contributed by atoms with E-state index in [2.05, 4.69) is 9.97 Å². The lowest BCUT2D eigenvalue weighted by atomic mass is 10.2. The lowest BCUT2D eigenvalue weighted by molar-refractivity contribution is -0.137. The minimum absolute atomic E-state index is 0.0724. The Labute approximate surface area is 88.1 Å². The van der Waals surface area contributed by atoms with Gasteiger partial charge in [-0.05, 0) is 6.92 Å². The Bertz CT molecular complexity index is 375. The Hall–Kier alpha value is -1.65. The first-order chi connectivity index (χ1) is 7.15. The second-order valence-electron chi connectivity index (χ2n) is 3.66. The molecule has 0 aliphatic carbocycles. The fourth-order valence-electron chi connectivity index (χ4n) is 1.44. The van der Waals surface area contributed by atoms with Gasteiger partial charge in [0, 0.05) is 18.7 Å². The molecule has 80 valence electrons. The minimum Gasteiger partial charge on any atom is -0.470 e. The van der Waals surface area contributed by atoms with Crippen molar-refractivity contribution in [2.75, 3.05) is 13.1 Å². The molecular weight excluding hydrogens is 194 g/mol. The van der Waals surface area contributed by atoms with Crippen LogP contribution in [-0.4, -0.2) is 40.0 Å². The Morgan fingerprint density at radius 2 is 2.27 bits per heavy atom. The number of carbonyl (C=O) groups is 1. The van der Waals surface area contributed by atoms with Crippen molar-refractivity contribution in [1.29, 1.82) is 0 Å². The average Bonchev–Trinajstić information content (AvgIpc) is 2.10. The molecule has 2 rings (SSSR count). The van der Waals surface area contributed by atoms with Crippen molar-refractivity contribution in [2.45, 2.75) is 20.0 Å². The van der Waals surface area contributed by atoms with Crippen LogP contribution in [0.25, 0.3) is 0 Å². The van der Waals surface area contributed by atoms with E-state index >= 15 is 0 Å². The largest absolute Gasteiger partial charge is 0.470 e. The zero-order valence-electron chi connectivity index (χ0n) is 8.80. The van der Waals surface area contributed by atoms with E-state index in [1.165, 1.54) is 6.33 Å². The number of aryl methyl sites for hydroxylation is 1. The lowest BCUT2D eigenvalue weighted by Crippen LogP contribution is -2.55. The molecular formula is C10H13N3O2. The zero-order chi connectivity index (χ0) is 10.8. The number of nitrogens with zero attached hydrogens (tertiary/aromatic N) is 3. The Morgan fingerprint density at radius 1 is 1.53 bits per heavy atom. The third kappa shape index (κ3) is 2.23. The number of rotatable bonds is 2. The Morgan fingerprint density at radius 3 is 2.87 bits per heavy atom. The predicted octanol–water partition coefficient (Wildman–Crippen LogP) is 0.395. The van der Waals surface area contributed by atoms with Crippen molar-refractivity contribution in [2.24, 2.45) is 0 Å². The molecule has 0 radical (unpaired) electrons. The Kier molecular flexibility index (Phi) is 2.53. The van der Waals surface area contributed by atoms with Crippen LogP contribution in [0.1, 0.15) is 12.6 Å². The van der Waals surface area contributed by atoms with E-state index in [1.54, 1.807) is 17.9 Å². The van der Waals surface area contributed by atoms with Gasteiger partial charge in [-0.15, -0.1) is 0 Å². The van der Waals surface area contributed by atoms with E-state index in [0.717, 1.165) is 5.69 Å². The molecule has 1 aliphatic rings. The van der Waals surface area contributed by atoms with Crippen LogP contribution >= 0.6 is 0 Å². The molecule has 5 nitrogen and oxygen atoms in total. The van der Waals surface area contributed by atoms with E-state index < -0.39 is 0 Å². The second kappa shape index (κ2) is 3.84. The van der Waals surface area contributed by atoms with Gasteiger partial charge < -0.3 is 9.64 Å². The zero-order valence-corrected chi connectivity index (χ0v) is 8.80. The van der Waals surface area contributed by atoms with Gasteiger partial charge in [0.2, 0.25) is 11.8 Å². The van der Waals surface area contributed by atoms with Gasteiger partial charge in [0.25, 0.3) is 0 Å². The number of hydrogen-bond acceptors (Lipinski definition) is 4. The highest BCUT2D eigenvalue weighted by Crippen LogP contribution is 2.15. The van der Waals surface area contributed by atoms with Crippen LogP contribution in [0.2, 0.25) is 0 Å². The van der Waals surface area contributed by atoms with E-state index in [9.17, 15) is 4.79 Å². The molecule has 1 saturated heterocycles. The maximum atomic E-state index is 10.9. The quantitative estimate of drug-likeness (QED) is 0.704. The first-order valence-electron chi connectivity index (χ1n) is 4.86. The summed E-state index contributed by atoms with van der Waals surface area (Å²) < 4.78 is 5.57. The van der Waals surface area contributed by atoms with Gasteiger partial charge in [-0.25, -0.2) is 9.97 Å². The molecule has 15 heavy (non-hydrogen) atoms. The average molecular weight is 207 g/mol. The third-order valence-corrected chi connectivity index (χ3v) is 2.36. The number of likely N-dealkylation sites (tertiary alicyclic amines) is 1. The van der Waals surface area contributed by atoms with Gasteiger partial charge in [0.1, 0.15) is 12.4 Å². The fourth-order valence-corrected chi connectivity index (χ4v) is 1.44. The second-order valence-corrected chi connectivity index (χ2v) is 3.66. The van der Waals surface area contributed by atoms with Gasteiger partial charge in [0.05, 0.1) is 13.1 Å². The number of hydrogen-bond donors (Lipinski definition) is 0. The predicted molar refractivity (Wildman–Crippen MR) is 53.4 cm³/mol. The van der Waals surface area contributed by atoms with Gasteiger partial charge in [-0.2, -0.15) is 0 Å². The van der Waals surface area contributed by atoms with Crippen molar-refractivity contribution >= 4 is 5.91 Å². The molecule has 0 aromatic carbocycles. The van der Waals surface area contributed by atoms with E-state index in [-0.39, 0.29) is 12.0 Å². The maximum Gasteiger partial charge on any atom is 0.219 e. The van der Waals surface area contributed by atoms with Crippen molar-refractivity contribution in [1.82, 2.24) is 14.9 Å². The van der Waals surface area contributed by atoms with Crippen LogP contribution in [0.15, 0.2) is 12.4 Å². The van der Waals surface area contributed by atoms with Gasteiger partial charge >= 0.3 is 0 Å². The third-order valence-electron chi connectivity index (χ3n) is 2.36. The molecule has 1 aromatic heterocycles. The molecule has 5 heteroatoms. The van der Waals surface area contributed by atoms with Gasteiger partial charge in [0.15, 0.2) is 0 Å².